The van der Waals surface area contributed by atoms with Crippen LogP contribution < -0.4 is 10.1 Å². The van der Waals surface area contributed by atoms with Crippen LogP contribution >= 0.6 is 0 Å². The summed E-state index contributed by atoms with van der Waals surface area (Å²) < 4.78 is 10.5. The van der Waals surface area contributed by atoms with Crippen molar-refractivity contribution in [3.05, 3.63) is 60.2 Å². The van der Waals surface area contributed by atoms with Crippen LogP contribution in [-0.4, -0.2) is 18.0 Å². The van der Waals surface area contributed by atoms with E-state index in [4.69, 9.17) is 9.15 Å². The maximum atomic E-state index is 12.1. The number of ether oxygens (including phenoxy) is 1. The fourth-order valence-electron chi connectivity index (χ4n) is 2.34. The van der Waals surface area contributed by atoms with Crippen LogP contribution in [-0.2, 0) is 4.79 Å². The van der Waals surface area contributed by atoms with E-state index in [0.29, 0.717) is 17.2 Å². The molecule has 0 spiro atoms. The van der Waals surface area contributed by atoms with E-state index in [0.717, 1.165) is 16.6 Å². The van der Waals surface area contributed by atoms with Crippen molar-refractivity contribution in [1.82, 2.24) is 4.98 Å². The number of hydrogen-bond acceptors (Lipinski definition) is 4. The molecule has 1 aromatic carbocycles. The van der Waals surface area contributed by atoms with Gasteiger partial charge in [0.2, 0.25) is 5.91 Å². The van der Waals surface area contributed by atoms with Crippen molar-refractivity contribution in [2.45, 2.75) is 6.92 Å². The summed E-state index contributed by atoms with van der Waals surface area (Å²) in [4.78, 5) is 16.6. The van der Waals surface area contributed by atoms with Crippen molar-refractivity contribution in [3.63, 3.8) is 0 Å². The molecule has 2 heterocycles. The first kappa shape index (κ1) is 14.8. The Bertz CT molecular complexity index is 867. The highest BCUT2D eigenvalue weighted by Crippen LogP contribution is 2.29. The predicted octanol–water partition coefficient (Wildman–Crippen LogP) is 3.80. The van der Waals surface area contributed by atoms with Crippen molar-refractivity contribution < 1.29 is 13.9 Å². The lowest BCUT2D eigenvalue weighted by Crippen LogP contribution is -2.09. The van der Waals surface area contributed by atoms with Crippen molar-refractivity contribution >= 4 is 28.6 Å². The Hall–Kier alpha value is -3.08. The molecule has 0 aliphatic heterocycles. The number of rotatable bonds is 4. The lowest BCUT2D eigenvalue weighted by molar-refractivity contribution is -0.111. The van der Waals surface area contributed by atoms with E-state index in [1.54, 1.807) is 31.6 Å². The maximum Gasteiger partial charge on any atom is 0.248 e. The molecule has 1 N–H and O–H groups in total. The number of aromatic nitrogens is 1. The number of benzene rings is 1. The SMILES string of the molecule is COc1cccc2c(NC(=O)/C=C/c3ccco3)cc(C)nc12. The minimum Gasteiger partial charge on any atom is -0.494 e. The van der Waals surface area contributed by atoms with Crippen LogP contribution in [0.5, 0.6) is 5.75 Å². The molecule has 0 saturated carbocycles. The van der Waals surface area contributed by atoms with Gasteiger partial charge in [0.25, 0.3) is 0 Å². The van der Waals surface area contributed by atoms with Gasteiger partial charge >= 0.3 is 0 Å². The zero-order valence-corrected chi connectivity index (χ0v) is 12.9. The highest BCUT2D eigenvalue weighted by Gasteiger charge is 2.10. The molecule has 0 unspecified atom stereocenters. The average Bonchev–Trinajstić information content (AvgIpc) is 3.06. The third-order valence-corrected chi connectivity index (χ3v) is 3.35. The molecule has 5 nitrogen and oxygen atoms in total. The monoisotopic (exact) mass is 308 g/mol. The van der Waals surface area contributed by atoms with Crippen LogP contribution in [0.1, 0.15) is 11.5 Å². The normalized spacial score (nSPS) is 11.0. The van der Waals surface area contributed by atoms with Crippen LogP contribution in [0.3, 0.4) is 0 Å². The standard InChI is InChI=1S/C18H16N2O3/c1-12-11-15(14-6-3-7-16(22-2)18(14)19-12)20-17(21)9-8-13-5-4-10-23-13/h3-11H,1-2H3,(H,19,20,21)/b9-8+. The number of fused-ring (bicyclic) bond motifs is 1. The predicted molar refractivity (Wildman–Crippen MR) is 89.4 cm³/mol. The third-order valence-electron chi connectivity index (χ3n) is 3.35. The number of para-hydroxylation sites is 1. The summed E-state index contributed by atoms with van der Waals surface area (Å²) in [6, 6.07) is 11.0. The molecule has 23 heavy (non-hydrogen) atoms. The Morgan fingerprint density at radius 3 is 2.91 bits per heavy atom. The number of hydrogen-bond donors (Lipinski definition) is 1. The van der Waals surface area contributed by atoms with Gasteiger partial charge in [0.05, 0.1) is 19.1 Å². The molecule has 116 valence electrons. The smallest absolute Gasteiger partial charge is 0.248 e. The molecule has 3 rings (SSSR count). The number of methoxy groups -OCH3 is 1. The van der Waals surface area contributed by atoms with Gasteiger partial charge in [-0.1, -0.05) is 12.1 Å². The van der Waals surface area contributed by atoms with Crippen molar-refractivity contribution in [1.29, 1.82) is 0 Å². The first-order valence-electron chi connectivity index (χ1n) is 7.14. The summed E-state index contributed by atoms with van der Waals surface area (Å²) in [6.45, 7) is 1.88. The second kappa shape index (κ2) is 6.36. The number of anilines is 1. The summed E-state index contributed by atoms with van der Waals surface area (Å²) in [6.07, 6.45) is 4.61. The molecule has 0 saturated heterocycles. The quantitative estimate of drug-likeness (QED) is 0.745. The molecule has 2 aromatic heterocycles. The summed E-state index contributed by atoms with van der Waals surface area (Å²) in [5.41, 5.74) is 2.22. The highest BCUT2D eigenvalue weighted by molar-refractivity contribution is 6.07. The largest absolute Gasteiger partial charge is 0.494 e. The summed E-state index contributed by atoms with van der Waals surface area (Å²) >= 11 is 0. The van der Waals surface area contributed by atoms with Crippen molar-refractivity contribution in [2.75, 3.05) is 12.4 Å². The number of nitrogens with zero attached hydrogens (tertiary/aromatic N) is 1. The van der Waals surface area contributed by atoms with E-state index in [2.05, 4.69) is 10.3 Å². The topological polar surface area (TPSA) is 64.4 Å². The van der Waals surface area contributed by atoms with Gasteiger partial charge in [0.15, 0.2) is 0 Å². The van der Waals surface area contributed by atoms with Gasteiger partial charge < -0.3 is 14.5 Å². The number of furan rings is 1. The number of carbonyl (C=O) groups is 1. The first-order chi connectivity index (χ1) is 11.2. The van der Waals surface area contributed by atoms with E-state index in [1.807, 2.05) is 31.2 Å². The second-order valence-electron chi connectivity index (χ2n) is 5.01. The van der Waals surface area contributed by atoms with Gasteiger partial charge in [-0.25, -0.2) is 4.98 Å². The van der Waals surface area contributed by atoms with Gasteiger partial charge in [-0.05, 0) is 37.3 Å². The Labute approximate surface area is 133 Å². The van der Waals surface area contributed by atoms with Gasteiger partial charge in [-0.15, -0.1) is 0 Å². The van der Waals surface area contributed by atoms with Crippen molar-refractivity contribution in [2.24, 2.45) is 0 Å². The summed E-state index contributed by atoms with van der Waals surface area (Å²) in [7, 11) is 1.60. The van der Waals surface area contributed by atoms with Gasteiger partial charge in [0, 0.05) is 17.2 Å². The lowest BCUT2D eigenvalue weighted by atomic mass is 10.1. The molecule has 1 amide bonds. The Morgan fingerprint density at radius 2 is 2.17 bits per heavy atom. The molecule has 5 heteroatoms. The maximum absolute atomic E-state index is 12.1. The Kier molecular flexibility index (Phi) is 4.10. The van der Waals surface area contributed by atoms with Crippen LogP contribution in [0.25, 0.3) is 17.0 Å². The molecular weight excluding hydrogens is 292 g/mol. The van der Waals surface area contributed by atoms with Gasteiger partial charge in [-0.3, -0.25) is 4.79 Å². The first-order valence-corrected chi connectivity index (χ1v) is 7.14. The van der Waals surface area contributed by atoms with E-state index in [-0.39, 0.29) is 5.91 Å². The molecular formula is C18H16N2O3. The third kappa shape index (κ3) is 3.23. The molecule has 0 radical (unpaired) electrons. The van der Waals surface area contributed by atoms with Crippen LogP contribution in [0.15, 0.2) is 53.2 Å². The zero-order valence-electron chi connectivity index (χ0n) is 12.9. The van der Waals surface area contributed by atoms with Crippen molar-refractivity contribution in [3.8, 4) is 5.75 Å². The van der Waals surface area contributed by atoms with Crippen LogP contribution in [0.2, 0.25) is 0 Å². The molecule has 0 atom stereocenters. The van der Waals surface area contributed by atoms with Crippen LogP contribution in [0, 0.1) is 6.92 Å². The fraction of sp³-hybridized carbons (Fsp3) is 0.111. The number of pyridine rings is 1. The molecule has 0 aliphatic carbocycles. The second-order valence-corrected chi connectivity index (χ2v) is 5.01. The minimum atomic E-state index is -0.240. The van der Waals surface area contributed by atoms with Crippen LogP contribution in [0.4, 0.5) is 5.69 Å². The molecule has 3 aromatic rings. The van der Waals surface area contributed by atoms with E-state index in [1.165, 1.54) is 6.08 Å². The van der Waals surface area contributed by atoms with E-state index < -0.39 is 0 Å². The fourth-order valence-corrected chi connectivity index (χ4v) is 2.34. The number of carbonyl (C=O) groups excluding carboxylic acids is 1. The average molecular weight is 308 g/mol. The number of aryl methyl sites for hydroxylation is 1. The van der Waals surface area contributed by atoms with E-state index in [9.17, 15) is 4.79 Å². The Balaban J connectivity index is 1.92. The number of nitrogens with one attached hydrogen (secondary N) is 1. The van der Waals surface area contributed by atoms with Gasteiger partial charge in [0.1, 0.15) is 17.0 Å². The van der Waals surface area contributed by atoms with E-state index >= 15 is 0 Å². The van der Waals surface area contributed by atoms with Gasteiger partial charge in [-0.2, -0.15) is 0 Å². The molecule has 0 bridgehead atoms. The lowest BCUT2D eigenvalue weighted by Gasteiger charge is -2.10. The zero-order chi connectivity index (χ0) is 16.2. The summed E-state index contributed by atoms with van der Waals surface area (Å²) in [5, 5.41) is 3.70. The number of amides is 1. The minimum absolute atomic E-state index is 0.240. The molecule has 0 fully saturated rings. The molecule has 0 aliphatic rings. The summed E-state index contributed by atoms with van der Waals surface area (Å²) in [5.74, 6) is 1.06. The Morgan fingerprint density at radius 1 is 1.30 bits per heavy atom. The highest BCUT2D eigenvalue weighted by atomic mass is 16.5.